The van der Waals surface area contributed by atoms with Crippen LogP contribution >= 0.6 is 117 Å². The zero-order chi connectivity index (χ0) is 26.5. The highest BCUT2D eigenvalue weighted by atomic mass is 35.5. The molecule has 0 aromatic heterocycles. The van der Waals surface area contributed by atoms with E-state index in [1.165, 1.54) is 88.2 Å². The van der Waals surface area contributed by atoms with Crippen molar-refractivity contribution < 1.29 is 0 Å². The third-order valence-corrected chi connectivity index (χ3v) is 17.0. The fraction of sp³-hybridized carbons (Fsp3) is 0.286. The molecule has 38 heavy (non-hydrogen) atoms. The van der Waals surface area contributed by atoms with Crippen molar-refractivity contribution in [2.75, 3.05) is 29.4 Å². The van der Waals surface area contributed by atoms with E-state index >= 15 is 0 Å². The molecule has 3 heterocycles. The largest absolute Gasteiger partial charge is 0.121 e. The second-order valence-corrected chi connectivity index (χ2v) is 18.5. The van der Waals surface area contributed by atoms with Crippen molar-refractivity contribution >= 4 is 147 Å². The lowest BCUT2D eigenvalue weighted by Crippen LogP contribution is -2.16. The lowest BCUT2D eigenvalue weighted by atomic mass is 9.99. The van der Waals surface area contributed by atoms with Crippen molar-refractivity contribution in [2.45, 2.75) is 19.3 Å². The van der Waals surface area contributed by atoms with Crippen molar-refractivity contribution in [3.8, 4) is 0 Å². The Kier molecular flexibility index (Phi) is 11.8. The van der Waals surface area contributed by atoms with Gasteiger partial charge in [0.1, 0.15) is 0 Å². The van der Waals surface area contributed by atoms with E-state index in [9.17, 15) is 0 Å². The highest BCUT2D eigenvalue weighted by molar-refractivity contribution is 8.46. The number of benzene rings is 3. The minimum atomic E-state index is 0.194. The van der Waals surface area contributed by atoms with E-state index in [2.05, 4.69) is 84.6 Å². The van der Waals surface area contributed by atoms with Crippen molar-refractivity contribution in [3.63, 3.8) is 0 Å². The van der Waals surface area contributed by atoms with Crippen LogP contribution in [0.15, 0.2) is 65.5 Å². The Morgan fingerprint density at radius 2 is 0.947 bits per heavy atom. The molecule has 0 N–H and O–H groups in total. The smallest absolute Gasteiger partial charge is 0.0967 e. The van der Waals surface area contributed by atoms with E-state index in [0.29, 0.717) is 0 Å². The molecule has 0 spiro atoms. The maximum absolute atomic E-state index is 4.76. The first-order valence-corrected chi connectivity index (χ1v) is 20.8. The second-order valence-electron chi connectivity index (χ2n) is 8.24. The zero-order valence-electron chi connectivity index (χ0n) is 20.9. The zero-order valence-corrected chi connectivity index (χ0v) is 28.9. The summed E-state index contributed by atoms with van der Waals surface area (Å²) < 4.78 is 8.83. The summed E-state index contributed by atoms with van der Waals surface area (Å²) in [6.45, 7) is 0. The summed E-state index contributed by atoms with van der Waals surface area (Å²) in [6, 6.07) is 18.2. The van der Waals surface area contributed by atoms with Gasteiger partial charge in [-0.25, -0.2) is 0 Å². The highest BCUT2D eigenvalue weighted by Crippen LogP contribution is 2.59. The molecule has 10 heteroatoms. The predicted octanol–water partition coefficient (Wildman–Crippen LogP) is 11.1. The Hall–Kier alpha value is 0.780. The van der Waals surface area contributed by atoms with Crippen LogP contribution in [-0.4, -0.2) is 29.4 Å². The molecular weight excluding hydrogens is 664 g/mol. The standard InChI is InChI=1S/C27H24S8.CH2Cl2/c1-28-24-26-30-14-8-3-9-15-31-27-25(29-2)33-23(35-27)21-18-12-6-4-10-16(18)20(22(32-24)34-26)17-11-5-7-13-19(17)21;2-1-3/h4-7,10-13H,3,8-9,14-15H2,1-2H3;1H2. The van der Waals surface area contributed by atoms with Gasteiger partial charge in [-0.05, 0) is 58.4 Å². The molecule has 0 saturated heterocycles. The van der Waals surface area contributed by atoms with Crippen LogP contribution in [0, 0.1) is 0 Å². The molecule has 200 valence electrons. The Labute approximate surface area is 269 Å². The minimum absolute atomic E-state index is 0.194. The summed E-state index contributed by atoms with van der Waals surface area (Å²) in [5, 5.41) is 8.56. The van der Waals surface area contributed by atoms with Gasteiger partial charge >= 0.3 is 0 Å². The first kappa shape index (κ1) is 30.2. The van der Waals surface area contributed by atoms with E-state index in [-0.39, 0.29) is 5.34 Å². The van der Waals surface area contributed by atoms with Crippen molar-refractivity contribution in [1.29, 1.82) is 0 Å². The molecule has 0 unspecified atom stereocenters. The van der Waals surface area contributed by atoms with Gasteiger partial charge in [-0.3, -0.25) is 0 Å². The lowest BCUT2D eigenvalue weighted by molar-refractivity contribution is 0.787. The number of halogens is 2. The molecule has 0 radical (unpaired) electrons. The molecule has 0 saturated carbocycles. The minimum Gasteiger partial charge on any atom is -0.121 e. The first-order valence-electron chi connectivity index (χ1n) is 12.0. The summed E-state index contributed by atoms with van der Waals surface area (Å²) in [5.41, 5.74) is 0. The Morgan fingerprint density at radius 1 is 0.579 bits per heavy atom. The van der Waals surface area contributed by atoms with E-state index in [1.54, 1.807) is 0 Å². The summed E-state index contributed by atoms with van der Waals surface area (Å²) in [7, 11) is 0. The maximum Gasteiger partial charge on any atom is 0.0967 e. The topological polar surface area (TPSA) is 0 Å². The van der Waals surface area contributed by atoms with Crippen molar-refractivity contribution in [1.82, 2.24) is 0 Å². The number of thioether (sulfide) groups is 8. The lowest BCUT2D eigenvalue weighted by Gasteiger charge is -2.11. The molecule has 3 aromatic rings. The van der Waals surface area contributed by atoms with Gasteiger partial charge in [-0.15, -0.1) is 70.2 Å². The van der Waals surface area contributed by atoms with Crippen LogP contribution in [-0.2, 0) is 0 Å². The van der Waals surface area contributed by atoms with Crippen LogP contribution in [0.1, 0.15) is 19.3 Å². The van der Waals surface area contributed by atoms with Gasteiger partial charge in [0.25, 0.3) is 0 Å². The normalized spacial score (nSPS) is 18.4. The van der Waals surface area contributed by atoms with E-state index in [0.717, 1.165) is 0 Å². The number of alkyl halides is 2. The molecule has 0 nitrogen and oxygen atoms in total. The first-order chi connectivity index (χ1) is 18.7. The van der Waals surface area contributed by atoms with Crippen molar-refractivity contribution in [2.24, 2.45) is 0 Å². The summed E-state index contributed by atoms with van der Waals surface area (Å²) in [4.78, 5) is 0. The van der Waals surface area contributed by atoms with Crippen LogP contribution in [0.25, 0.3) is 30.0 Å². The van der Waals surface area contributed by atoms with Crippen LogP contribution in [0.3, 0.4) is 0 Å². The van der Waals surface area contributed by atoms with Crippen LogP contribution in [0.5, 0.6) is 0 Å². The third-order valence-electron chi connectivity index (χ3n) is 6.04. The third kappa shape index (κ3) is 6.55. The number of fused-ring (bicyclic) bond motifs is 7. The maximum atomic E-state index is 4.76. The Balaban J connectivity index is 0.000000937. The van der Waals surface area contributed by atoms with Gasteiger partial charge in [0.2, 0.25) is 0 Å². The molecular formula is C28H26Cl2S8. The van der Waals surface area contributed by atoms with E-state index in [4.69, 9.17) is 23.2 Å². The highest BCUT2D eigenvalue weighted by Gasteiger charge is 2.26. The molecule has 3 aliphatic rings. The molecule has 0 atom stereocenters. The molecule has 3 aliphatic heterocycles. The summed E-state index contributed by atoms with van der Waals surface area (Å²) in [6.07, 6.45) is 8.37. The number of hydrogen-bond acceptors (Lipinski definition) is 8. The molecule has 6 bridgehead atoms. The fourth-order valence-corrected chi connectivity index (χ4v) is 15.7. The SMILES string of the molecule is CSC1=C2SCCCCCSC3=C(SC)SC(=c4c5ccccc5c(c5ccccc45)=C(S1)S2)S3.ClCCl. The van der Waals surface area contributed by atoms with Gasteiger partial charge in [-0.1, -0.05) is 102 Å². The van der Waals surface area contributed by atoms with Crippen LogP contribution in [0.2, 0.25) is 0 Å². The average molecular weight is 690 g/mol. The summed E-state index contributed by atoms with van der Waals surface area (Å²) >= 11 is 25.5. The molecule has 6 rings (SSSR count). The summed E-state index contributed by atoms with van der Waals surface area (Å²) in [5.74, 6) is 2.43. The predicted molar refractivity (Wildman–Crippen MR) is 194 cm³/mol. The molecule has 0 amide bonds. The second kappa shape index (κ2) is 14.8. The number of hydrogen-bond donors (Lipinski definition) is 0. The number of rotatable bonds is 2. The van der Waals surface area contributed by atoms with Gasteiger partial charge in [0.15, 0.2) is 0 Å². The quantitative estimate of drug-likeness (QED) is 0.190. The molecule has 0 fully saturated rings. The van der Waals surface area contributed by atoms with Gasteiger partial charge in [-0.2, -0.15) is 0 Å². The monoisotopic (exact) mass is 688 g/mol. The van der Waals surface area contributed by atoms with Gasteiger partial charge in [0, 0.05) is 10.4 Å². The van der Waals surface area contributed by atoms with Gasteiger partial charge in [0.05, 0.1) is 30.8 Å². The van der Waals surface area contributed by atoms with Crippen LogP contribution < -0.4 is 10.4 Å². The van der Waals surface area contributed by atoms with E-state index < -0.39 is 0 Å². The molecule has 0 aliphatic carbocycles. The Bertz CT molecular complexity index is 1350. The fourth-order valence-electron chi connectivity index (χ4n) is 4.45. The Morgan fingerprint density at radius 3 is 1.29 bits per heavy atom. The van der Waals surface area contributed by atoms with Crippen LogP contribution in [0.4, 0.5) is 0 Å². The average Bonchev–Trinajstić information content (AvgIpc) is 3.54. The van der Waals surface area contributed by atoms with Gasteiger partial charge < -0.3 is 0 Å². The molecule has 3 aromatic carbocycles. The van der Waals surface area contributed by atoms with Crippen molar-refractivity contribution in [3.05, 3.63) is 75.9 Å². The van der Waals surface area contributed by atoms with E-state index in [1.807, 2.05) is 70.6 Å².